The maximum absolute atomic E-state index is 11.8. The summed E-state index contributed by atoms with van der Waals surface area (Å²) in [5.41, 5.74) is 1.86. The van der Waals surface area contributed by atoms with Crippen LogP contribution in [0.1, 0.15) is 18.4 Å². The van der Waals surface area contributed by atoms with Gasteiger partial charge in [0.2, 0.25) is 5.91 Å². The predicted molar refractivity (Wildman–Crippen MR) is 85.1 cm³/mol. The standard InChI is InChI=1S/C17H16N4O2/c22-17(13-6-7-13)20-16-10-21-14(8-18-16)15(9-19-21)23-11-12-4-2-1-3-5-12/h1-5,8-10,13H,6-7,11H2,(H,20,22). The molecule has 2 heterocycles. The predicted octanol–water partition coefficient (Wildman–Crippen LogP) is 2.66. The molecular formula is C17H16N4O2. The number of carbonyl (C=O) groups excluding carboxylic acids is 1. The van der Waals surface area contributed by atoms with Crippen molar-refractivity contribution in [1.29, 1.82) is 0 Å². The second-order valence-electron chi connectivity index (χ2n) is 5.65. The van der Waals surface area contributed by atoms with Gasteiger partial charge in [-0.3, -0.25) is 4.79 Å². The Balaban J connectivity index is 1.49. The van der Waals surface area contributed by atoms with Gasteiger partial charge in [0.1, 0.15) is 12.1 Å². The molecule has 4 rings (SSSR count). The van der Waals surface area contributed by atoms with Crippen molar-refractivity contribution < 1.29 is 9.53 Å². The average molecular weight is 308 g/mol. The lowest BCUT2D eigenvalue weighted by Gasteiger charge is -2.06. The van der Waals surface area contributed by atoms with E-state index in [-0.39, 0.29) is 11.8 Å². The zero-order valence-electron chi connectivity index (χ0n) is 12.5. The molecule has 6 heteroatoms. The van der Waals surface area contributed by atoms with Gasteiger partial charge in [-0.25, -0.2) is 9.50 Å². The third kappa shape index (κ3) is 3.01. The fourth-order valence-corrected chi connectivity index (χ4v) is 2.35. The van der Waals surface area contributed by atoms with E-state index in [0.717, 1.165) is 23.9 Å². The van der Waals surface area contributed by atoms with Crippen molar-refractivity contribution >= 4 is 17.2 Å². The molecule has 1 aromatic carbocycles. The minimum Gasteiger partial charge on any atom is -0.485 e. The van der Waals surface area contributed by atoms with Crippen molar-refractivity contribution in [2.75, 3.05) is 5.32 Å². The lowest BCUT2D eigenvalue weighted by molar-refractivity contribution is -0.117. The Bertz CT molecular complexity index is 840. The van der Waals surface area contributed by atoms with Gasteiger partial charge < -0.3 is 10.1 Å². The van der Waals surface area contributed by atoms with Crippen LogP contribution >= 0.6 is 0 Å². The van der Waals surface area contributed by atoms with Crippen molar-refractivity contribution in [3.05, 3.63) is 54.5 Å². The number of hydrogen-bond donors (Lipinski definition) is 1. The first-order chi connectivity index (χ1) is 11.3. The molecule has 2 aromatic heterocycles. The number of ether oxygens (including phenoxy) is 1. The second-order valence-corrected chi connectivity index (χ2v) is 5.65. The highest BCUT2D eigenvalue weighted by Crippen LogP contribution is 2.30. The fraction of sp³-hybridized carbons (Fsp3) is 0.235. The summed E-state index contributed by atoms with van der Waals surface area (Å²) in [6, 6.07) is 9.95. The summed E-state index contributed by atoms with van der Waals surface area (Å²) >= 11 is 0. The smallest absolute Gasteiger partial charge is 0.228 e. The summed E-state index contributed by atoms with van der Waals surface area (Å²) in [4.78, 5) is 16.0. The third-order valence-corrected chi connectivity index (χ3v) is 3.81. The molecule has 0 radical (unpaired) electrons. The minimum absolute atomic E-state index is 0.0320. The Labute approximate surface area is 133 Å². The van der Waals surface area contributed by atoms with E-state index in [1.807, 2.05) is 30.3 Å². The number of hydrogen-bond acceptors (Lipinski definition) is 4. The molecule has 1 N–H and O–H groups in total. The highest BCUT2D eigenvalue weighted by Gasteiger charge is 2.29. The lowest BCUT2D eigenvalue weighted by Crippen LogP contribution is -2.14. The summed E-state index contributed by atoms with van der Waals surface area (Å²) in [6.07, 6.45) is 6.95. The number of nitrogens with zero attached hydrogens (tertiary/aromatic N) is 3. The van der Waals surface area contributed by atoms with E-state index < -0.39 is 0 Å². The van der Waals surface area contributed by atoms with Gasteiger partial charge in [0.05, 0.1) is 18.6 Å². The van der Waals surface area contributed by atoms with E-state index in [1.54, 1.807) is 23.1 Å². The van der Waals surface area contributed by atoms with Crippen molar-refractivity contribution in [1.82, 2.24) is 14.6 Å². The Kier molecular flexibility index (Phi) is 3.42. The number of anilines is 1. The van der Waals surface area contributed by atoms with Gasteiger partial charge in [-0.2, -0.15) is 5.10 Å². The van der Waals surface area contributed by atoms with Crippen LogP contribution in [-0.2, 0) is 11.4 Å². The van der Waals surface area contributed by atoms with Crippen molar-refractivity contribution in [3.63, 3.8) is 0 Å². The topological polar surface area (TPSA) is 68.5 Å². The summed E-state index contributed by atoms with van der Waals surface area (Å²) in [5, 5.41) is 7.07. The van der Waals surface area contributed by atoms with Crippen LogP contribution in [0.15, 0.2) is 48.9 Å². The maximum atomic E-state index is 11.8. The van der Waals surface area contributed by atoms with Crippen LogP contribution in [0.3, 0.4) is 0 Å². The van der Waals surface area contributed by atoms with Gasteiger partial charge in [0.15, 0.2) is 11.6 Å². The van der Waals surface area contributed by atoms with Crippen LogP contribution < -0.4 is 10.1 Å². The SMILES string of the molecule is O=C(Nc1cn2ncc(OCc3ccccc3)c2cn1)C1CC1. The van der Waals surface area contributed by atoms with E-state index in [1.165, 1.54) is 0 Å². The van der Waals surface area contributed by atoms with Crippen LogP contribution in [0.5, 0.6) is 5.75 Å². The quantitative estimate of drug-likeness (QED) is 0.787. The molecule has 1 saturated carbocycles. The number of rotatable bonds is 5. The molecule has 0 bridgehead atoms. The lowest BCUT2D eigenvalue weighted by atomic mass is 10.2. The van der Waals surface area contributed by atoms with Crippen molar-refractivity contribution in [2.45, 2.75) is 19.4 Å². The molecule has 3 aromatic rings. The van der Waals surface area contributed by atoms with Crippen LogP contribution in [0.4, 0.5) is 5.82 Å². The molecular weight excluding hydrogens is 292 g/mol. The summed E-state index contributed by atoms with van der Waals surface area (Å²) < 4.78 is 7.47. The molecule has 0 atom stereocenters. The monoisotopic (exact) mass is 308 g/mol. The zero-order chi connectivity index (χ0) is 15.6. The molecule has 0 spiro atoms. The summed E-state index contributed by atoms with van der Waals surface area (Å²) in [6.45, 7) is 0.475. The van der Waals surface area contributed by atoms with Crippen molar-refractivity contribution in [3.8, 4) is 5.75 Å². The average Bonchev–Trinajstić information content (AvgIpc) is 3.36. The van der Waals surface area contributed by atoms with Crippen LogP contribution in [0.2, 0.25) is 0 Å². The number of nitrogens with one attached hydrogen (secondary N) is 1. The van der Waals surface area contributed by atoms with Crippen LogP contribution in [-0.4, -0.2) is 20.5 Å². The number of benzene rings is 1. The zero-order valence-corrected chi connectivity index (χ0v) is 12.5. The maximum Gasteiger partial charge on any atom is 0.228 e. The number of carbonyl (C=O) groups is 1. The Hall–Kier alpha value is -2.89. The molecule has 0 saturated heterocycles. The summed E-state index contributed by atoms with van der Waals surface area (Å²) in [5.74, 6) is 1.35. The largest absolute Gasteiger partial charge is 0.485 e. The number of aromatic nitrogens is 3. The van der Waals surface area contributed by atoms with E-state index in [4.69, 9.17) is 4.74 Å². The molecule has 1 fully saturated rings. The van der Waals surface area contributed by atoms with Gasteiger partial charge in [-0.05, 0) is 18.4 Å². The second kappa shape index (κ2) is 5.72. The van der Waals surface area contributed by atoms with Crippen LogP contribution in [0.25, 0.3) is 5.52 Å². The van der Waals surface area contributed by atoms with Crippen LogP contribution in [0, 0.1) is 5.92 Å². The van der Waals surface area contributed by atoms with E-state index in [2.05, 4.69) is 15.4 Å². The van der Waals surface area contributed by atoms with Gasteiger partial charge >= 0.3 is 0 Å². The van der Waals surface area contributed by atoms with Gasteiger partial charge in [-0.1, -0.05) is 30.3 Å². The molecule has 116 valence electrons. The number of fused-ring (bicyclic) bond motifs is 1. The van der Waals surface area contributed by atoms with Gasteiger partial charge in [0, 0.05) is 5.92 Å². The highest BCUT2D eigenvalue weighted by molar-refractivity contribution is 5.93. The van der Waals surface area contributed by atoms with E-state index in [9.17, 15) is 4.79 Å². The minimum atomic E-state index is 0.0320. The molecule has 23 heavy (non-hydrogen) atoms. The molecule has 0 unspecified atom stereocenters. The Morgan fingerprint density at radius 3 is 2.87 bits per heavy atom. The Morgan fingerprint density at radius 2 is 2.09 bits per heavy atom. The third-order valence-electron chi connectivity index (χ3n) is 3.81. The normalized spacial score (nSPS) is 13.9. The molecule has 1 aliphatic rings. The first kappa shape index (κ1) is 13.8. The first-order valence-corrected chi connectivity index (χ1v) is 7.60. The number of amides is 1. The van der Waals surface area contributed by atoms with Crippen molar-refractivity contribution in [2.24, 2.45) is 5.92 Å². The van der Waals surface area contributed by atoms with E-state index >= 15 is 0 Å². The summed E-state index contributed by atoms with van der Waals surface area (Å²) in [7, 11) is 0. The van der Waals surface area contributed by atoms with Gasteiger partial charge in [0.25, 0.3) is 0 Å². The molecule has 0 aliphatic heterocycles. The highest BCUT2D eigenvalue weighted by atomic mass is 16.5. The molecule has 1 amide bonds. The Morgan fingerprint density at radius 1 is 1.26 bits per heavy atom. The first-order valence-electron chi connectivity index (χ1n) is 7.60. The molecule has 6 nitrogen and oxygen atoms in total. The molecule has 1 aliphatic carbocycles. The van der Waals surface area contributed by atoms with E-state index in [0.29, 0.717) is 18.2 Å². The van der Waals surface area contributed by atoms with Gasteiger partial charge in [-0.15, -0.1) is 0 Å². The fourth-order valence-electron chi connectivity index (χ4n) is 2.35.